The second kappa shape index (κ2) is 52.0. The largest absolute Gasteiger partial charge is 0.480 e. The topological polar surface area (TPSA) is 155 Å². The van der Waals surface area contributed by atoms with Gasteiger partial charge in [0.2, 0.25) is 0 Å². The van der Waals surface area contributed by atoms with E-state index < -0.39 is 45.1 Å². The van der Waals surface area contributed by atoms with Gasteiger partial charge in [0.15, 0.2) is 0 Å². The third kappa shape index (κ3) is 51.9. The number of carbonyl (C=O) groups excluding carboxylic acids is 1. The maximum absolute atomic E-state index is 12.7. The number of carbonyl (C=O) groups is 2. The Labute approximate surface area is 412 Å². The molecule has 0 amide bonds. The monoisotopic (exact) mass is 968 g/mol. The maximum Gasteiger partial charge on any atom is 0.472 e. The Morgan fingerprint density at radius 2 is 0.821 bits per heavy atom. The van der Waals surface area contributed by atoms with E-state index in [1.165, 1.54) is 193 Å². The molecular formula is C56H106NO9P. The summed E-state index contributed by atoms with van der Waals surface area (Å²) in [4.78, 5) is 33.8. The van der Waals surface area contributed by atoms with Crippen LogP contribution >= 0.6 is 7.82 Å². The van der Waals surface area contributed by atoms with Crippen molar-refractivity contribution in [3.05, 3.63) is 36.5 Å². The summed E-state index contributed by atoms with van der Waals surface area (Å²) >= 11 is 0. The zero-order valence-electron chi connectivity index (χ0n) is 43.5. The lowest BCUT2D eigenvalue weighted by Crippen LogP contribution is -2.34. The molecule has 0 aliphatic rings. The predicted molar refractivity (Wildman–Crippen MR) is 281 cm³/mol. The van der Waals surface area contributed by atoms with Gasteiger partial charge in [0.1, 0.15) is 12.1 Å². The van der Waals surface area contributed by atoms with Crippen molar-refractivity contribution in [2.75, 3.05) is 26.4 Å². The summed E-state index contributed by atoms with van der Waals surface area (Å²) in [5, 5.41) is 8.95. The van der Waals surface area contributed by atoms with Gasteiger partial charge in [0.25, 0.3) is 0 Å². The number of hydrogen-bond acceptors (Lipinski definition) is 8. The maximum atomic E-state index is 12.7. The van der Waals surface area contributed by atoms with Gasteiger partial charge in [-0.05, 0) is 51.4 Å². The highest BCUT2D eigenvalue weighted by molar-refractivity contribution is 7.47. The summed E-state index contributed by atoms with van der Waals surface area (Å²) in [5.41, 5.74) is 5.39. The Bertz CT molecular complexity index is 1210. The number of ether oxygens (including phenoxy) is 2. The molecule has 0 bridgehead atoms. The van der Waals surface area contributed by atoms with Crippen molar-refractivity contribution in [3.8, 4) is 0 Å². The van der Waals surface area contributed by atoms with Gasteiger partial charge in [-0.1, -0.05) is 249 Å². The minimum absolute atomic E-state index is 0.0164. The zero-order chi connectivity index (χ0) is 49.0. The highest BCUT2D eigenvalue weighted by Crippen LogP contribution is 2.43. The van der Waals surface area contributed by atoms with Crippen molar-refractivity contribution in [1.82, 2.24) is 0 Å². The van der Waals surface area contributed by atoms with E-state index in [1.807, 2.05) is 0 Å². The van der Waals surface area contributed by atoms with Gasteiger partial charge in [-0.3, -0.25) is 18.6 Å². The summed E-state index contributed by atoms with van der Waals surface area (Å²) in [7, 11) is -4.62. The first-order valence-corrected chi connectivity index (χ1v) is 29.5. The van der Waals surface area contributed by atoms with E-state index in [4.69, 9.17) is 29.4 Å². The van der Waals surface area contributed by atoms with Crippen molar-refractivity contribution in [3.63, 3.8) is 0 Å². The quantitative estimate of drug-likeness (QED) is 0.0232. The normalized spacial score (nSPS) is 13.9. The van der Waals surface area contributed by atoms with E-state index in [0.717, 1.165) is 51.4 Å². The molecule has 0 aromatic rings. The number of phosphoric acid groups is 1. The van der Waals surface area contributed by atoms with E-state index in [0.29, 0.717) is 13.0 Å². The van der Waals surface area contributed by atoms with E-state index in [1.54, 1.807) is 0 Å². The molecule has 0 aromatic carbocycles. The van der Waals surface area contributed by atoms with Gasteiger partial charge in [0.05, 0.1) is 19.8 Å². The van der Waals surface area contributed by atoms with E-state index in [9.17, 15) is 19.0 Å². The highest BCUT2D eigenvalue weighted by Gasteiger charge is 2.27. The SMILES string of the molecule is CCCCCCC/C=C\C/C=C\C/C=C\CCCCCCCCCCCOCC(COP(=O)(O)OCC(N)C(=O)O)OC(=O)CCCCCCCCCCCCCCCCCCCCCCC. The molecule has 394 valence electrons. The Kier molecular flexibility index (Phi) is 50.6. The second-order valence-corrected chi connectivity index (χ2v) is 20.5. The van der Waals surface area contributed by atoms with Crippen LogP contribution in [0.1, 0.15) is 271 Å². The number of carboxylic acids is 1. The highest BCUT2D eigenvalue weighted by atomic mass is 31.2. The first kappa shape index (κ1) is 65.2. The fraction of sp³-hybridized carbons (Fsp3) is 0.857. The molecule has 0 aromatic heterocycles. The number of aliphatic carboxylic acids is 1. The number of rotatable bonds is 54. The van der Waals surface area contributed by atoms with Crippen molar-refractivity contribution >= 4 is 19.8 Å². The number of phosphoric ester groups is 1. The van der Waals surface area contributed by atoms with Gasteiger partial charge >= 0.3 is 19.8 Å². The van der Waals surface area contributed by atoms with E-state index in [-0.39, 0.29) is 13.0 Å². The van der Waals surface area contributed by atoms with Crippen LogP contribution < -0.4 is 5.73 Å². The van der Waals surface area contributed by atoms with Gasteiger partial charge in [-0.25, -0.2) is 4.57 Å². The van der Waals surface area contributed by atoms with Crippen molar-refractivity contribution in [2.45, 2.75) is 283 Å². The molecule has 0 heterocycles. The average Bonchev–Trinajstić information content (AvgIpc) is 3.31. The number of hydrogen-bond donors (Lipinski definition) is 3. The third-order valence-electron chi connectivity index (χ3n) is 12.4. The molecular weight excluding hydrogens is 862 g/mol. The molecule has 11 heteroatoms. The molecule has 0 saturated heterocycles. The molecule has 0 spiro atoms. The lowest BCUT2D eigenvalue weighted by Gasteiger charge is -2.20. The van der Waals surface area contributed by atoms with Gasteiger partial charge in [-0.2, -0.15) is 0 Å². The summed E-state index contributed by atoms with van der Waals surface area (Å²) in [6.45, 7) is 3.91. The molecule has 0 radical (unpaired) electrons. The first-order chi connectivity index (χ1) is 32.7. The minimum atomic E-state index is -4.62. The van der Waals surface area contributed by atoms with Crippen LogP contribution in [-0.2, 0) is 32.7 Å². The molecule has 67 heavy (non-hydrogen) atoms. The van der Waals surface area contributed by atoms with Gasteiger partial charge in [0, 0.05) is 13.0 Å². The minimum Gasteiger partial charge on any atom is -0.480 e. The lowest BCUT2D eigenvalue weighted by atomic mass is 10.0. The van der Waals surface area contributed by atoms with Crippen LogP contribution in [0, 0.1) is 0 Å². The molecule has 0 fully saturated rings. The van der Waals surface area contributed by atoms with E-state index >= 15 is 0 Å². The summed E-state index contributed by atoms with van der Waals surface area (Å²) in [6, 6.07) is -1.47. The summed E-state index contributed by atoms with van der Waals surface area (Å²) in [5.74, 6) is -1.77. The molecule has 3 atom stereocenters. The van der Waals surface area contributed by atoms with Crippen LogP contribution in [0.5, 0.6) is 0 Å². The standard InChI is InChI=1S/C56H106NO9P/c1-3-5-7-9-11-13-15-17-19-21-23-25-26-27-29-31-33-35-37-39-41-43-45-47-49-63-50-53(51-64-67(61,62)65-52-54(57)56(59)60)66-55(58)48-46-44-42-40-38-36-34-32-30-28-24-22-20-18-16-14-12-10-8-6-4-2/h15,17,21,23,26-27,53-54H,3-14,16,18-20,22,24-25,28-52,57H2,1-2H3,(H,59,60)(H,61,62)/b17-15-,23-21-,27-26-. The van der Waals surface area contributed by atoms with Crippen molar-refractivity contribution in [1.29, 1.82) is 0 Å². The zero-order valence-corrected chi connectivity index (χ0v) is 44.4. The van der Waals surface area contributed by atoms with Crippen LogP contribution in [0.3, 0.4) is 0 Å². The fourth-order valence-corrected chi connectivity index (χ4v) is 8.86. The average molecular weight is 968 g/mol. The predicted octanol–water partition coefficient (Wildman–Crippen LogP) is 16.8. The number of allylic oxidation sites excluding steroid dienone is 6. The van der Waals surface area contributed by atoms with Crippen LogP contribution in [0.2, 0.25) is 0 Å². The van der Waals surface area contributed by atoms with Crippen LogP contribution in [0.25, 0.3) is 0 Å². The van der Waals surface area contributed by atoms with Crippen molar-refractivity contribution in [2.24, 2.45) is 5.73 Å². The first-order valence-electron chi connectivity index (χ1n) is 28.0. The smallest absolute Gasteiger partial charge is 0.472 e. The Balaban J connectivity index is 4.08. The molecule has 0 aliphatic carbocycles. The molecule has 3 unspecified atom stereocenters. The van der Waals surface area contributed by atoms with Crippen LogP contribution in [0.15, 0.2) is 36.5 Å². The third-order valence-corrected chi connectivity index (χ3v) is 13.4. The number of nitrogens with two attached hydrogens (primary N) is 1. The number of esters is 1. The fourth-order valence-electron chi connectivity index (χ4n) is 8.08. The second-order valence-electron chi connectivity index (χ2n) is 19.1. The number of carboxylic acid groups (broad SMARTS) is 1. The van der Waals surface area contributed by atoms with Crippen LogP contribution in [0.4, 0.5) is 0 Å². The van der Waals surface area contributed by atoms with Gasteiger partial charge in [-0.15, -0.1) is 0 Å². The Morgan fingerprint density at radius 3 is 1.22 bits per heavy atom. The molecule has 0 aliphatic heterocycles. The lowest BCUT2D eigenvalue weighted by molar-refractivity contribution is -0.154. The Hall–Kier alpha value is -1.81. The molecule has 0 rings (SSSR count). The number of unbranched alkanes of at least 4 members (excludes halogenated alkanes) is 34. The van der Waals surface area contributed by atoms with E-state index in [2.05, 4.69) is 50.3 Å². The Morgan fingerprint density at radius 1 is 0.478 bits per heavy atom. The van der Waals surface area contributed by atoms with Gasteiger partial charge < -0.3 is 25.2 Å². The molecule has 4 N–H and O–H groups in total. The summed E-state index contributed by atoms with van der Waals surface area (Å²) in [6.07, 6.45) is 62.1. The molecule has 0 saturated carbocycles. The summed E-state index contributed by atoms with van der Waals surface area (Å²) < 4.78 is 33.6. The molecule has 10 nitrogen and oxygen atoms in total. The van der Waals surface area contributed by atoms with Crippen molar-refractivity contribution < 1.29 is 42.7 Å². The van der Waals surface area contributed by atoms with Crippen LogP contribution in [-0.4, -0.2) is 60.5 Å².